The number of nitrogens with zero attached hydrogens (tertiary/aromatic N) is 2. The fourth-order valence-corrected chi connectivity index (χ4v) is 4.64. The number of nitrogens with one attached hydrogen (secondary N) is 2. The summed E-state index contributed by atoms with van der Waals surface area (Å²) >= 11 is 5.06. The van der Waals surface area contributed by atoms with Gasteiger partial charge in [0.15, 0.2) is 4.77 Å². The van der Waals surface area contributed by atoms with Crippen LogP contribution < -0.4 is 11.1 Å². The maximum Gasteiger partial charge on any atom is 0.256 e. The highest BCUT2D eigenvalue weighted by molar-refractivity contribution is 7.71. The van der Waals surface area contributed by atoms with E-state index < -0.39 is 0 Å². The van der Waals surface area contributed by atoms with E-state index in [1.165, 1.54) is 5.56 Å². The molecule has 0 atom stereocenters. The Morgan fingerprint density at radius 1 is 1.11 bits per heavy atom. The number of benzene rings is 1. The fourth-order valence-electron chi connectivity index (χ4n) is 4.43. The van der Waals surface area contributed by atoms with Crippen LogP contribution in [0.25, 0.3) is 10.9 Å². The number of aromatic amines is 2. The van der Waals surface area contributed by atoms with Crippen LogP contribution in [-0.4, -0.2) is 26.0 Å². The summed E-state index contributed by atoms with van der Waals surface area (Å²) in [6, 6.07) is 8.30. The normalized spacial score (nSPS) is 16.4. The van der Waals surface area contributed by atoms with Crippen LogP contribution >= 0.6 is 12.2 Å². The SMILES string of the molecule is O=c1[nH]c(=S)[nH]c2c1CN(Cc1cc3cccc4c3n(c1=O)CCC4)CC2. The Balaban J connectivity index is 1.53. The highest BCUT2D eigenvalue weighted by Gasteiger charge is 2.22. The zero-order chi connectivity index (χ0) is 18.5. The first kappa shape index (κ1) is 16.6. The molecular formula is C20H20N4O2S. The summed E-state index contributed by atoms with van der Waals surface area (Å²) in [4.78, 5) is 33.2. The van der Waals surface area contributed by atoms with Gasteiger partial charge in [-0.15, -0.1) is 0 Å². The standard InChI is InChI=1S/C20H20N4O2S/c25-18-15-11-23(8-6-16(15)21-20(27)22-18)10-14-9-13-4-1-3-12-5-2-7-24(17(12)13)19(14)26/h1,3-4,9H,2,5-8,10-11H2,(H2,21,22,25,27). The van der Waals surface area contributed by atoms with Crippen molar-refractivity contribution in [2.45, 2.75) is 38.9 Å². The molecule has 3 aromatic rings. The van der Waals surface area contributed by atoms with Gasteiger partial charge in [-0.2, -0.15) is 0 Å². The van der Waals surface area contributed by atoms with Crippen LogP contribution in [0.2, 0.25) is 0 Å². The number of fused-ring (bicyclic) bond motifs is 1. The van der Waals surface area contributed by atoms with Gasteiger partial charge in [-0.3, -0.25) is 19.5 Å². The minimum Gasteiger partial charge on any atom is -0.335 e. The monoisotopic (exact) mass is 380 g/mol. The quantitative estimate of drug-likeness (QED) is 0.669. The van der Waals surface area contributed by atoms with E-state index in [4.69, 9.17) is 12.2 Å². The maximum absolute atomic E-state index is 13.1. The van der Waals surface area contributed by atoms with Crippen LogP contribution in [0.3, 0.4) is 0 Å². The highest BCUT2D eigenvalue weighted by atomic mass is 32.1. The zero-order valence-corrected chi connectivity index (χ0v) is 15.7. The molecule has 5 rings (SSSR count). The van der Waals surface area contributed by atoms with Gasteiger partial charge in [-0.05, 0) is 42.1 Å². The lowest BCUT2D eigenvalue weighted by Crippen LogP contribution is -2.37. The van der Waals surface area contributed by atoms with Gasteiger partial charge >= 0.3 is 0 Å². The van der Waals surface area contributed by atoms with Gasteiger partial charge in [-0.25, -0.2) is 0 Å². The molecule has 27 heavy (non-hydrogen) atoms. The van der Waals surface area contributed by atoms with E-state index in [1.54, 1.807) is 0 Å². The summed E-state index contributed by atoms with van der Waals surface area (Å²) in [5.74, 6) is 0. The molecule has 0 aliphatic carbocycles. The molecule has 0 saturated carbocycles. The van der Waals surface area contributed by atoms with Gasteiger partial charge in [0.1, 0.15) is 0 Å². The molecule has 0 amide bonds. The smallest absolute Gasteiger partial charge is 0.256 e. The van der Waals surface area contributed by atoms with Crippen LogP contribution in [0.15, 0.2) is 33.9 Å². The van der Waals surface area contributed by atoms with Crippen molar-refractivity contribution in [1.82, 2.24) is 19.4 Å². The Hall–Kier alpha value is -2.51. The molecule has 0 radical (unpaired) electrons. The van der Waals surface area contributed by atoms with Gasteiger partial charge in [0.25, 0.3) is 11.1 Å². The van der Waals surface area contributed by atoms with E-state index in [1.807, 2.05) is 10.6 Å². The lowest BCUT2D eigenvalue weighted by Gasteiger charge is -2.28. The van der Waals surface area contributed by atoms with Gasteiger partial charge < -0.3 is 9.55 Å². The largest absolute Gasteiger partial charge is 0.335 e. The number of aromatic nitrogens is 3. The van der Waals surface area contributed by atoms with Crippen LogP contribution in [0.5, 0.6) is 0 Å². The van der Waals surface area contributed by atoms with Gasteiger partial charge in [0.2, 0.25) is 0 Å². The Morgan fingerprint density at radius 3 is 2.89 bits per heavy atom. The van der Waals surface area contributed by atoms with Gasteiger partial charge in [0, 0.05) is 43.9 Å². The number of pyridine rings is 1. The number of hydrogen-bond acceptors (Lipinski definition) is 4. The molecule has 1 aromatic carbocycles. The molecule has 0 unspecified atom stereocenters. The third-order valence-corrected chi connectivity index (χ3v) is 5.89. The van der Waals surface area contributed by atoms with Crippen molar-refractivity contribution in [3.8, 4) is 0 Å². The zero-order valence-electron chi connectivity index (χ0n) is 14.9. The molecule has 2 aromatic heterocycles. The minimum absolute atomic E-state index is 0.0989. The lowest BCUT2D eigenvalue weighted by molar-refractivity contribution is 0.240. The van der Waals surface area contributed by atoms with E-state index in [9.17, 15) is 9.59 Å². The number of hydrogen-bond donors (Lipinski definition) is 2. The second-order valence-corrected chi connectivity index (χ2v) is 7.82. The predicted octanol–water partition coefficient (Wildman–Crippen LogP) is 2.25. The van der Waals surface area contributed by atoms with Gasteiger partial charge in [-0.1, -0.05) is 18.2 Å². The molecule has 4 heterocycles. The van der Waals surface area contributed by atoms with Crippen LogP contribution in [0.1, 0.15) is 28.8 Å². The van der Waals surface area contributed by atoms with E-state index >= 15 is 0 Å². The molecular weight excluding hydrogens is 360 g/mol. The summed E-state index contributed by atoms with van der Waals surface area (Å²) in [6.45, 7) is 2.64. The molecule has 2 N–H and O–H groups in total. The molecule has 7 heteroatoms. The first-order valence-corrected chi connectivity index (χ1v) is 9.72. The van der Waals surface area contributed by atoms with Crippen molar-refractivity contribution in [1.29, 1.82) is 0 Å². The maximum atomic E-state index is 13.1. The molecule has 0 bridgehead atoms. The van der Waals surface area contributed by atoms with E-state index in [0.717, 1.165) is 60.1 Å². The minimum atomic E-state index is -0.131. The molecule has 0 fully saturated rings. The average molecular weight is 380 g/mol. The summed E-state index contributed by atoms with van der Waals surface area (Å²) in [5, 5.41) is 1.13. The van der Waals surface area contributed by atoms with E-state index in [0.29, 0.717) is 17.9 Å². The first-order valence-electron chi connectivity index (χ1n) is 9.31. The number of aryl methyl sites for hydroxylation is 2. The third kappa shape index (κ3) is 2.78. The van der Waals surface area contributed by atoms with E-state index in [-0.39, 0.29) is 11.1 Å². The number of rotatable bonds is 2. The van der Waals surface area contributed by atoms with Gasteiger partial charge in [0.05, 0.1) is 11.1 Å². The predicted molar refractivity (Wildman–Crippen MR) is 107 cm³/mol. The number of para-hydroxylation sites is 1. The van der Waals surface area contributed by atoms with Crippen molar-refractivity contribution in [2.75, 3.05) is 6.54 Å². The Kier molecular flexibility index (Phi) is 3.87. The molecule has 2 aliphatic rings. The lowest BCUT2D eigenvalue weighted by atomic mass is 9.99. The third-order valence-electron chi connectivity index (χ3n) is 5.68. The first-order chi connectivity index (χ1) is 13.1. The van der Waals surface area contributed by atoms with Crippen molar-refractivity contribution in [2.24, 2.45) is 0 Å². The molecule has 2 aliphatic heterocycles. The van der Waals surface area contributed by atoms with Crippen LogP contribution in [0, 0.1) is 4.77 Å². The van der Waals surface area contributed by atoms with Crippen molar-refractivity contribution in [3.63, 3.8) is 0 Å². The highest BCUT2D eigenvalue weighted by Crippen LogP contribution is 2.25. The Labute approximate surface area is 160 Å². The summed E-state index contributed by atoms with van der Waals surface area (Å²) in [6.07, 6.45) is 2.76. The second kappa shape index (κ2) is 6.28. The Bertz CT molecular complexity index is 1240. The molecule has 0 saturated heterocycles. The Morgan fingerprint density at radius 2 is 2.00 bits per heavy atom. The van der Waals surface area contributed by atoms with Crippen LogP contribution in [0.4, 0.5) is 0 Å². The number of H-pyrrole nitrogens is 2. The van der Waals surface area contributed by atoms with Crippen molar-refractivity contribution < 1.29 is 0 Å². The summed E-state index contributed by atoms with van der Waals surface area (Å²) in [5.41, 5.74) is 4.75. The molecule has 0 spiro atoms. The average Bonchev–Trinajstić information content (AvgIpc) is 2.66. The fraction of sp³-hybridized carbons (Fsp3) is 0.350. The molecule has 138 valence electrons. The second-order valence-electron chi connectivity index (χ2n) is 7.41. The van der Waals surface area contributed by atoms with Crippen molar-refractivity contribution in [3.05, 3.63) is 72.1 Å². The van der Waals surface area contributed by atoms with Crippen LogP contribution in [-0.2, 0) is 32.5 Å². The summed E-state index contributed by atoms with van der Waals surface area (Å²) < 4.78 is 2.31. The summed E-state index contributed by atoms with van der Waals surface area (Å²) in [7, 11) is 0. The topological polar surface area (TPSA) is 73.9 Å². The van der Waals surface area contributed by atoms with Crippen molar-refractivity contribution >= 4 is 23.1 Å². The molecule has 6 nitrogen and oxygen atoms in total. The van der Waals surface area contributed by atoms with E-state index in [2.05, 4.69) is 33.1 Å².